The molecule has 0 unspecified atom stereocenters. The SMILES string of the molecule is Clc1ccc2sc(-c3c(/N=C/C=C/c4ccccc4)sc4c3CCCC4)nc2c1. The first-order valence-electron chi connectivity index (χ1n) is 9.75. The second-order valence-electron chi connectivity index (χ2n) is 7.07. The van der Waals surface area contributed by atoms with Crippen LogP contribution in [0.1, 0.15) is 28.8 Å². The van der Waals surface area contributed by atoms with Gasteiger partial charge in [0.2, 0.25) is 0 Å². The van der Waals surface area contributed by atoms with Gasteiger partial charge < -0.3 is 0 Å². The molecule has 4 aromatic rings. The topological polar surface area (TPSA) is 25.2 Å². The van der Waals surface area contributed by atoms with Crippen LogP contribution >= 0.6 is 34.3 Å². The first-order valence-corrected chi connectivity index (χ1v) is 11.8. The van der Waals surface area contributed by atoms with Crippen molar-refractivity contribution in [3.05, 3.63) is 75.6 Å². The van der Waals surface area contributed by atoms with Crippen LogP contribution in [0.15, 0.2) is 59.6 Å². The molecule has 1 aliphatic carbocycles. The lowest BCUT2D eigenvalue weighted by atomic mass is 9.96. The molecule has 0 atom stereocenters. The summed E-state index contributed by atoms with van der Waals surface area (Å²) in [7, 11) is 0. The number of thiazole rings is 1. The monoisotopic (exact) mass is 434 g/mol. The van der Waals surface area contributed by atoms with Gasteiger partial charge in [-0.3, -0.25) is 0 Å². The number of allylic oxidation sites excluding steroid dienone is 1. The van der Waals surface area contributed by atoms with Crippen LogP contribution < -0.4 is 0 Å². The number of halogens is 1. The molecule has 0 fully saturated rings. The number of nitrogens with zero attached hydrogens (tertiary/aromatic N) is 2. The first kappa shape index (κ1) is 18.7. The van der Waals surface area contributed by atoms with Gasteiger partial charge in [0.1, 0.15) is 10.0 Å². The van der Waals surface area contributed by atoms with Crippen LogP contribution in [0.25, 0.3) is 26.9 Å². The quantitative estimate of drug-likeness (QED) is 0.299. The molecule has 0 saturated carbocycles. The highest BCUT2D eigenvalue weighted by Gasteiger charge is 2.23. The largest absolute Gasteiger partial charge is 0.245 e. The Bertz CT molecular complexity index is 1220. The van der Waals surface area contributed by atoms with E-state index in [-0.39, 0.29) is 0 Å². The van der Waals surface area contributed by atoms with Crippen LogP contribution in [-0.2, 0) is 12.8 Å². The van der Waals surface area contributed by atoms with E-state index in [1.807, 2.05) is 54.0 Å². The molecule has 0 amide bonds. The standard InChI is InChI=1S/C24H19ClN2S2/c25-17-12-13-21-19(15-17)27-24(29-21)22-18-10-4-5-11-20(18)28-23(22)26-14-6-9-16-7-2-1-3-8-16/h1-3,6-9,12-15H,4-5,10-11H2/b9-6+,26-14+. The molecule has 5 rings (SSSR count). The summed E-state index contributed by atoms with van der Waals surface area (Å²) in [6.45, 7) is 0. The molecule has 5 heteroatoms. The Morgan fingerprint density at radius 2 is 1.86 bits per heavy atom. The molecule has 144 valence electrons. The highest BCUT2D eigenvalue weighted by Crippen LogP contribution is 2.47. The summed E-state index contributed by atoms with van der Waals surface area (Å²) in [5.41, 5.74) is 4.82. The van der Waals surface area contributed by atoms with E-state index in [0.717, 1.165) is 33.4 Å². The number of hydrogen-bond acceptors (Lipinski definition) is 4. The second kappa shape index (κ2) is 8.23. The Balaban J connectivity index is 1.54. The fourth-order valence-electron chi connectivity index (χ4n) is 3.70. The summed E-state index contributed by atoms with van der Waals surface area (Å²) in [6.07, 6.45) is 10.8. The number of rotatable bonds is 4. The minimum absolute atomic E-state index is 0.728. The van der Waals surface area contributed by atoms with E-state index in [1.54, 1.807) is 11.3 Å². The second-order valence-corrected chi connectivity index (χ2v) is 9.62. The van der Waals surface area contributed by atoms with Crippen molar-refractivity contribution in [2.24, 2.45) is 4.99 Å². The van der Waals surface area contributed by atoms with Gasteiger partial charge in [0.15, 0.2) is 0 Å². The van der Waals surface area contributed by atoms with Crippen LogP contribution in [0.5, 0.6) is 0 Å². The Morgan fingerprint density at radius 3 is 2.76 bits per heavy atom. The molecule has 0 N–H and O–H groups in total. The van der Waals surface area contributed by atoms with Crippen molar-refractivity contribution in [1.82, 2.24) is 4.98 Å². The molecular formula is C24H19ClN2S2. The third-order valence-corrected chi connectivity index (χ3v) is 7.57. The van der Waals surface area contributed by atoms with Crippen molar-refractivity contribution < 1.29 is 0 Å². The minimum atomic E-state index is 0.728. The van der Waals surface area contributed by atoms with Crippen molar-refractivity contribution in [1.29, 1.82) is 0 Å². The number of thiophene rings is 1. The molecule has 2 nitrogen and oxygen atoms in total. The van der Waals surface area contributed by atoms with Gasteiger partial charge in [0, 0.05) is 16.1 Å². The van der Waals surface area contributed by atoms with E-state index in [9.17, 15) is 0 Å². The van der Waals surface area contributed by atoms with Gasteiger partial charge in [0.25, 0.3) is 0 Å². The predicted octanol–water partition coefficient (Wildman–Crippen LogP) is 7.97. The average molecular weight is 435 g/mol. The summed E-state index contributed by atoms with van der Waals surface area (Å²) in [4.78, 5) is 11.2. The summed E-state index contributed by atoms with van der Waals surface area (Å²) in [5.74, 6) is 0. The van der Waals surface area contributed by atoms with Gasteiger partial charge in [-0.25, -0.2) is 9.98 Å². The van der Waals surface area contributed by atoms with Crippen LogP contribution in [0.2, 0.25) is 5.02 Å². The fourth-order valence-corrected chi connectivity index (χ4v) is 6.19. The van der Waals surface area contributed by atoms with Crippen LogP contribution in [0.4, 0.5) is 5.00 Å². The number of benzene rings is 2. The van der Waals surface area contributed by atoms with E-state index in [4.69, 9.17) is 21.6 Å². The Kier molecular flexibility index (Phi) is 5.32. The molecule has 0 spiro atoms. The Hall–Kier alpha value is -2.27. The number of aliphatic imine (C=N–C) groups is 1. The molecule has 2 aromatic heterocycles. The van der Waals surface area contributed by atoms with E-state index in [1.165, 1.54) is 39.1 Å². The molecule has 0 bridgehead atoms. The van der Waals surface area contributed by atoms with Crippen molar-refractivity contribution in [3.63, 3.8) is 0 Å². The lowest BCUT2D eigenvalue weighted by molar-refractivity contribution is 0.698. The fraction of sp³-hybridized carbons (Fsp3) is 0.167. The lowest BCUT2D eigenvalue weighted by Gasteiger charge is -2.11. The number of fused-ring (bicyclic) bond motifs is 2. The predicted molar refractivity (Wildman–Crippen MR) is 128 cm³/mol. The maximum absolute atomic E-state index is 6.17. The maximum Gasteiger partial charge on any atom is 0.127 e. The Morgan fingerprint density at radius 1 is 1.00 bits per heavy atom. The summed E-state index contributed by atoms with van der Waals surface area (Å²) < 4.78 is 1.17. The van der Waals surface area contributed by atoms with Gasteiger partial charge >= 0.3 is 0 Å². The molecule has 0 radical (unpaired) electrons. The van der Waals surface area contributed by atoms with Gasteiger partial charge in [-0.2, -0.15) is 0 Å². The van der Waals surface area contributed by atoms with Crippen molar-refractivity contribution in [2.75, 3.05) is 0 Å². The zero-order valence-corrected chi connectivity index (χ0v) is 18.2. The summed E-state index contributed by atoms with van der Waals surface area (Å²) in [5, 5.41) is 2.85. The highest BCUT2D eigenvalue weighted by atomic mass is 35.5. The van der Waals surface area contributed by atoms with Gasteiger partial charge in [-0.05, 0) is 61.1 Å². The van der Waals surface area contributed by atoms with E-state index < -0.39 is 0 Å². The Labute approximate surface area is 183 Å². The normalized spacial score (nSPS) is 14.2. The molecular weight excluding hydrogens is 416 g/mol. The maximum atomic E-state index is 6.17. The third kappa shape index (κ3) is 3.93. The average Bonchev–Trinajstić information content (AvgIpc) is 3.32. The summed E-state index contributed by atoms with van der Waals surface area (Å²) in [6, 6.07) is 16.2. The molecule has 29 heavy (non-hydrogen) atoms. The molecule has 0 aliphatic heterocycles. The van der Waals surface area contributed by atoms with Crippen LogP contribution in [-0.4, -0.2) is 11.2 Å². The highest BCUT2D eigenvalue weighted by molar-refractivity contribution is 7.22. The minimum Gasteiger partial charge on any atom is -0.245 e. The van der Waals surface area contributed by atoms with E-state index in [0.29, 0.717) is 0 Å². The van der Waals surface area contributed by atoms with Crippen molar-refractivity contribution in [3.8, 4) is 10.6 Å². The number of aryl methyl sites for hydroxylation is 1. The van der Waals surface area contributed by atoms with Gasteiger partial charge in [-0.15, -0.1) is 22.7 Å². The van der Waals surface area contributed by atoms with Crippen molar-refractivity contribution in [2.45, 2.75) is 25.7 Å². The zero-order valence-electron chi connectivity index (χ0n) is 15.8. The molecule has 0 saturated heterocycles. The van der Waals surface area contributed by atoms with Crippen LogP contribution in [0, 0.1) is 0 Å². The third-order valence-electron chi connectivity index (χ3n) is 5.08. The zero-order chi connectivity index (χ0) is 19.6. The summed E-state index contributed by atoms with van der Waals surface area (Å²) >= 11 is 9.73. The van der Waals surface area contributed by atoms with Gasteiger partial charge in [-0.1, -0.05) is 48.0 Å². The number of hydrogen-bond donors (Lipinski definition) is 0. The van der Waals surface area contributed by atoms with Gasteiger partial charge in [0.05, 0.1) is 15.8 Å². The van der Waals surface area contributed by atoms with Crippen LogP contribution in [0.3, 0.4) is 0 Å². The smallest absolute Gasteiger partial charge is 0.127 e. The first-order chi connectivity index (χ1) is 14.3. The number of aromatic nitrogens is 1. The lowest BCUT2D eigenvalue weighted by Crippen LogP contribution is -1.99. The van der Waals surface area contributed by atoms with Crippen molar-refractivity contribution >= 4 is 61.8 Å². The van der Waals surface area contributed by atoms with E-state index >= 15 is 0 Å². The van der Waals surface area contributed by atoms with E-state index in [2.05, 4.69) is 24.3 Å². The molecule has 2 heterocycles. The molecule has 1 aliphatic rings. The molecule has 2 aromatic carbocycles.